The molecule has 0 atom stereocenters. The summed E-state index contributed by atoms with van der Waals surface area (Å²) in [5.41, 5.74) is 4.75. The van der Waals surface area contributed by atoms with Crippen molar-refractivity contribution in [1.29, 1.82) is 0 Å². The van der Waals surface area contributed by atoms with Crippen LogP contribution in [0.25, 0.3) is 0 Å². The Labute approximate surface area is 213 Å². The summed E-state index contributed by atoms with van der Waals surface area (Å²) in [6.07, 6.45) is 1.40. The average Bonchev–Trinajstić information content (AvgIpc) is 2.94. The predicted octanol–water partition coefficient (Wildman–Crippen LogP) is 4.93. The van der Waals surface area contributed by atoms with Crippen molar-refractivity contribution in [3.8, 4) is 11.5 Å². The smallest absolute Gasteiger partial charge is 0.343 e. The van der Waals surface area contributed by atoms with E-state index in [9.17, 15) is 14.4 Å². The van der Waals surface area contributed by atoms with Gasteiger partial charge >= 0.3 is 5.97 Å². The standard InChI is InChI=1S/C29H23N3O5/c1-36-25-17-13-20(14-18-25)27(33)31-24-15-11-21(12-16-24)28(34)32-30-19-23-9-5-6-10-26(23)37-29(35)22-7-3-2-4-8-22/h2-19H,1H3,(H,31,33)(H,32,34)/b30-19-. The highest BCUT2D eigenvalue weighted by Gasteiger charge is 2.11. The molecule has 0 aliphatic heterocycles. The van der Waals surface area contributed by atoms with Gasteiger partial charge in [-0.15, -0.1) is 0 Å². The normalized spacial score (nSPS) is 10.5. The first-order valence-corrected chi connectivity index (χ1v) is 11.3. The van der Waals surface area contributed by atoms with Crippen LogP contribution in [0.4, 0.5) is 5.69 Å². The monoisotopic (exact) mass is 493 g/mol. The maximum Gasteiger partial charge on any atom is 0.343 e. The maximum absolute atomic E-state index is 12.5. The fourth-order valence-corrected chi connectivity index (χ4v) is 3.29. The number of para-hydroxylation sites is 1. The molecule has 0 aromatic heterocycles. The number of hydrazone groups is 1. The van der Waals surface area contributed by atoms with Crippen LogP contribution in [-0.4, -0.2) is 31.1 Å². The summed E-state index contributed by atoms with van der Waals surface area (Å²) < 4.78 is 10.6. The van der Waals surface area contributed by atoms with Crippen LogP contribution in [0.2, 0.25) is 0 Å². The fourth-order valence-electron chi connectivity index (χ4n) is 3.29. The molecule has 8 heteroatoms. The second-order valence-corrected chi connectivity index (χ2v) is 7.75. The average molecular weight is 494 g/mol. The molecular weight excluding hydrogens is 470 g/mol. The zero-order valence-corrected chi connectivity index (χ0v) is 19.9. The molecule has 0 aliphatic rings. The molecule has 184 valence electrons. The Balaban J connectivity index is 1.34. The number of rotatable bonds is 8. The van der Waals surface area contributed by atoms with Crippen LogP contribution >= 0.6 is 0 Å². The maximum atomic E-state index is 12.5. The van der Waals surface area contributed by atoms with E-state index < -0.39 is 11.9 Å². The lowest BCUT2D eigenvalue weighted by Gasteiger charge is -2.08. The number of esters is 1. The number of ether oxygens (including phenoxy) is 2. The van der Waals surface area contributed by atoms with Gasteiger partial charge in [-0.2, -0.15) is 5.10 Å². The summed E-state index contributed by atoms with van der Waals surface area (Å²) in [6, 6.07) is 28.6. The second-order valence-electron chi connectivity index (χ2n) is 7.75. The Hall–Kier alpha value is -5.24. The minimum atomic E-state index is -0.496. The molecule has 4 rings (SSSR count). The first-order chi connectivity index (χ1) is 18.0. The van der Waals surface area contributed by atoms with E-state index in [0.717, 1.165) is 0 Å². The number of nitrogens with one attached hydrogen (secondary N) is 2. The molecule has 4 aromatic rings. The highest BCUT2D eigenvalue weighted by Crippen LogP contribution is 2.18. The van der Waals surface area contributed by atoms with Gasteiger partial charge in [0.15, 0.2) is 0 Å². The van der Waals surface area contributed by atoms with E-state index in [-0.39, 0.29) is 5.91 Å². The molecule has 0 radical (unpaired) electrons. The number of benzene rings is 4. The van der Waals surface area contributed by atoms with Gasteiger partial charge in [0.05, 0.1) is 18.9 Å². The number of amides is 2. The molecule has 2 amide bonds. The highest BCUT2D eigenvalue weighted by molar-refractivity contribution is 6.04. The molecule has 0 spiro atoms. The Bertz CT molecular complexity index is 1420. The zero-order valence-electron chi connectivity index (χ0n) is 19.9. The van der Waals surface area contributed by atoms with Crippen molar-refractivity contribution >= 4 is 29.7 Å². The topological polar surface area (TPSA) is 106 Å². The van der Waals surface area contributed by atoms with Crippen molar-refractivity contribution in [3.63, 3.8) is 0 Å². The number of anilines is 1. The van der Waals surface area contributed by atoms with Crippen LogP contribution in [0.1, 0.15) is 36.6 Å². The molecule has 8 nitrogen and oxygen atoms in total. The van der Waals surface area contributed by atoms with Gasteiger partial charge in [0.25, 0.3) is 11.8 Å². The number of hydrogen-bond acceptors (Lipinski definition) is 6. The molecule has 0 unspecified atom stereocenters. The van der Waals surface area contributed by atoms with Crippen LogP contribution in [0.5, 0.6) is 11.5 Å². The quantitative estimate of drug-likeness (QED) is 0.157. The van der Waals surface area contributed by atoms with E-state index >= 15 is 0 Å². The van der Waals surface area contributed by atoms with Gasteiger partial charge < -0.3 is 14.8 Å². The lowest BCUT2D eigenvalue weighted by atomic mass is 10.1. The Kier molecular flexibility index (Phi) is 8.03. The van der Waals surface area contributed by atoms with Crippen molar-refractivity contribution < 1.29 is 23.9 Å². The number of hydrogen-bond donors (Lipinski definition) is 2. The van der Waals surface area contributed by atoms with Crippen LogP contribution in [0, 0.1) is 0 Å². The van der Waals surface area contributed by atoms with Gasteiger partial charge in [0, 0.05) is 22.4 Å². The van der Waals surface area contributed by atoms with E-state index in [1.54, 1.807) is 104 Å². The molecule has 0 bridgehead atoms. The van der Waals surface area contributed by atoms with Crippen LogP contribution in [-0.2, 0) is 0 Å². The Morgan fingerprint density at radius 1 is 0.703 bits per heavy atom. The third-order valence-electron chi connectivity index (χ3n) is 5.26. The lowest BCUT2D eigenvalue weighted by Crippen LogP contribution is -2.18. The molecule has 0 aliphatic carbocycles. The van der Waals surface area contributed by atoms with E-state index in [1.165, 1.54) is 6.21 Å². The molecule has 0 fully saturated rings. The summed E-state index contributed by atoms with van der Waals surface area (Å²) in [5, 5.41) is 6.76. The Morgan fingerprint density at radius 2 is 1.32 bits per heavy atom. The van der Waals surface area contributed by atoms with E-state index in [2.05, 4.69) is 15.8 Å². The summed E-state index contributed by atoms with van der Waals surface area (Å²) in [5.74, 6) is -0.249. The van der Waals surface area contributed by atoms with Gasteiger partial charge in [0.1, 0.15) is 11.5 Å². The van der Waals surface area contributed by atoms with Crippen molar-refractivity contribution in [2.75, 3.05) is 12.4 Å². The molecule has 0 saturated heterocycles. The molecular formula is C29H23N3O5. The van der Waals surface area contributed by atoms with Gasteiger partial charge in [-0.1, -0.05) is 30.3 Å². The largest absolute Gasteiger partial charge is 0.497 e. The minimum Gasteiger partial charge on any atom is -0.497 e. The SMILES string of the molecule is COc1ccc(C(=O)Nc2ccc(C(=O)N/N=C\c3ccccc3OC(=O)c3ccccc3)cc2)cc1. The van der Waals surface area contributed by atoms with Gasteiger partial charge in [-0.25, -0.2) is 10.2 Å². The molecule has 4 aromatic carbocycles. The number of carbonyl (C=O) groups excluding carboxylic acids is 3. The highest BCUT2D eigenvalue weighted by atomic mass is 16.5. The number of nitrogens with zero attached hydrogens (tertiary/aromatic N) is 1. The van der Waals surface area contributed by atoms with Crippen molar-refractivity contribution in [3.05, 3.63) is 125 Å². The third-order valence-corrected chi connectivity index (χ3v) is 5.26. The first kappa shape index (κ1) is 24.9. The molecule has 0 saturated carbocycles. The van der Waals surface area contributed by atoms with Crippen LogP contribution in [0.15, 0.2) is 108 Å². The van der Waals surface area contributed by atoms with Gasteiger partial charge in [0.2, 0.25) is 0 Å². The van der Waals surface area contributed by atoms with E-state index in [0.29, 0.717) is 39.4 Å². The fraction of sp³-hybridized carbons (Fsp3) is 0.0345. The summed E-state index contributed by atoms with van der Waals surface area (Å²) in [6.45, 7) is 0. The lowest BCUT2D eigenvalue weighted by molar-refractivity contribution is 0.0734. The van der Waals surface area contributed by atoms with E-state index in [1.807, 2.05) is 6.07 Å². The minimum absolute atomic E-state index is 0.281. The Morgan fingerprint density at radius 3 is 2.03 bits per heavy atom. The van der Waals surface area contributed by atoms with Gasteiger partial charge in [-0.05, 0) is 72.8 Å². The molecule has 2 N–H and O–H groups in total. The molecule has 37 heavy (non-hydrogen) atoms. The summed E-state index contributed by atoms with van der Waals surface area (Å²) >= 11 is 0. The van der Waals surface area contributed by atoms with Crippen molar-refractivity contribution in [1.82, 2.24) is 5.43 Å². The zero-order chi connectivity index (χ0) is 26.0. The second kappa shape index (κ2) is 11.9. The number of methoxy groups -OCH3 is 1. The van der Waals surface area contributed by atoms with Gasteiger partial charge in [-0.3, -0.25) is 9.59 Å². The predicted molar refractivity (Wildman–Crippen MR) is 140 cm³/mol. The van der Waals surface area contributed by atoms with Crippen LogP contribution < -0.4 is 20.2 Å². The summed E-state index contributed by atoms with van der Waals surface area (Å²) in [7, 11) is 1.56. The summed E-state index contributed by atoms with van der Waals surface area (Å²) in [4.78, 5) is 37.3. The first-order valence-electron chi connectivity index (χ1n) is 11.3. The van der Waals surface area contributed by atoms with Crippen LogP contribution in [0.3, 0.4) is 0 Å². The van der Waals surface area contributed by atoms with Crippen molar-refractivity contribution in [2.45, 2.75) is 0 Å². The number of carbonyl (C=O) groups is 3. The third kappa shape index (κ3) is 6.67. The molecule has 0 heterocycles. The van der Waals surface area contributed by atoms with E-state index in [4.69, 9.17) is 9.47 Å². The van der Waals surface area contributed by atoms with Crippen molar-refractivity contribution in [2.24, 2.45) is 5.10 Å².